The predicted molar refractivity (Wildman–Crippen MR) is 101 cm³/mol. The number of aromatic nitrogens is 3. The molecule has 0 aliphatic heterocycles. The lowest BCUT2D eigenvalue weighted by Crippen LogP contribution is -2.00. The average molecular weight is 326 g/mol. The molecule has 0 bridgehead atoms. The second-order valence-electron chi connectivity index (χ2n) is 5.97. The van der Waals surface area contributed by atoms with Gasteiger partial charge >= 0.3 is 0 Å². The molecule has 0 radical (unpaired) electrons. The van der Waals surface area contributed by atoms with Crippen molar-refractivity contribution in [3.63, 3.8) is 0 Å². The molecule has 0 spiro atoms. The van der Waals surface area contributed by atoms with Crippen LogP contribution in [0.4, 0.5) is 5.69 Å². The normalized spacial score (nSPS) is 10.7. The van der Waals surface area contributed by atoms with E-state index in [1.165, 1.54) is 0 Å². The number of rotatable bonds is 4. The topological polar surface area (TPSA) is 56.7 Å². The number of anilines is 1. The van der Waals surface area contributed by atoms with Crippen LogP contribution in [0.15, 0.2) is 85.3 Å². The van der Waals surface area contributed by atoms with Crippen LogP contribution in [0.1, 0.15) is 5.56 Å². The van der Waals surface area contributed by atoms with Crippen molar-refractivity contribution < 1.29 is 0 Å². The summed E-state index contributed by atoms with van der Waals surface area (Å²) in [6.45, 7) is 0.696. The molecule has 0 aliphatic carbocycles. The predicted octanol–water partition coefficient (Wildman–Crippen LogP) is 4.24. The molecule has 122 valence electrons. The maximum atomic E-state index is 6.12. The summed E-state index contributed by atoms with van der Waals surface area (Å²) in [5.41, 5.74) is 12.1. The van der Waals surface area contributed by atoms with Crippen molar-refractivity contribution in [3.8, 4) is 22.4 Å². The molecule has 0 unspecified atom stereocenters. The molecule has 0 amide bonds. The summed E-state index contributed by atoms with van der Waals surface area (Å²) in [5, 5.41) is 4.69. The van der Waals surface area contributed by atoms with Crippen LogP contribution < -0.4 is 5.73 Å². The molecule has 4 heteroatoms. The van der Waals surface area contributed by atoms with E-state index >= 15 is 0 Å². The molecule has 4 rings (SSSR count). The maximum absolute atomic E-state index is 6.12. The van der Waals surface area contributed by atoms with Gasteiger partial charge < -0.3 is 5.73 Å². The Morgan fingerprint density at radius 3 is 2.48 bits per heavy atom. The van der Waals surface area contributed by atoms with Gasteiger partial charge in [0, 0.05) is 29.8 Å². The lowest BCUT2D eigenvalue weighted by atomic mass is 10.0. The first-order valence-electron chi connectivity index (χ1n) is 8.17. The highest BCUT2D eigenvalue weighted by Gasteiger charge is 2.07. The van der Waals surface area contributed by atoms with Crippen molar-refractivity contribution in [2.24, 2.45) is 0 Å². The fourth-order valence-corrected chi connectivity index (χ4v) is 2.88. The Hall–Kier alpha value is -3.40. The summed E-state index contributed by atoms with van der Waals surface area (Å²) in [5.74, 6) is 0. The maximum Gasteiger partial charge on any atom is 0.0924 e. The monoisotopic (exact) mass is 326 g/mol. The Kier molecular flexibility index (Phi) is 4.01. The summed E-state index contributed by atoms with van der Waals surface area (Å²) in [6, 6.07) is 22.3. The number of benzene rings is 2. The summed E-state index contributed by atoms with van der Waals surface area (Å²) >= 11 is 0. The van der Waals surface area contributed by atoms with Crippen molar-refractivity contribution in [1.29, 1.82) is 0 Å². The van der Waals surface area contributed by atoms with Crippen molar-refractivity contribution in [2.75, 3.05) is 5.73 Å². The average Bonchev–Trinajstić information content (AvgIpc) is 3.11. The molecular weight excluding hydrogens is 308 g/mol. The fraction of sp³-hybridized carbons (Fsp3) is 0.0476. The van der Waals surface area contributed by atoms with Gasteiger partial charge in [0.05, 0.1) is 12.2 Å². The van der Waals surface area contributed by atoms with Crippen molar-refractivity contribution in [1.82, 2.24) is 14.8 Å². The molecule has 2 N–H and O–H groups in total. The lowest BCUT2D eigenvalue weighted by Gasteiger charge is -2.07. The van der Waals surface area contributed by atoms with Crippen LogP contribution in [-0.2, 0) is 6.54 Å². The fourth-order valence-electron chi connectivity index (χ4n) is 2.88. The van der Waals surface area contributed by atoms with Gasteiger partial charge in [-0.25, -0.2) is 0 Å². The van der Waals surface area contributed by atoms with Gasteiger partial charge in [0.25, 0.3) is 0 Å². The Balaban J connectivity index is 1.65. The highest BCUT2D eigenvalue weighted by atomic mass is 15.3. The molecule has 4 nitrogen and oxygen atoms in total. The molecule has 2 heterocycles. The molecule has 4 aromatic rings. The summed E-state index contributed by atoms with van der Waals surface area (Å²) in [4.78, 5) is 4.14. The molecule has 0 fully saturated rings. The van der Waals surface area contributed by atoms with Crippen LogP contribution in [-0.4, -0.2) is 14.8 Å². The summed E-state index contributed by atoms with van der Waals surface area (Å²) < 4.78 is 1.91. The van der Waals surface area contributed by atoms with Gasteiger partial charge in [-0.1, -0.05) is 36.4 Å². The van der Waals surface area contributed by atoms with E-state index in [1.807, 2.05) is 65.6 Å². The van der Waals surface area contributed by atoms with E-state index in [-0.39, 0.29) is 0 Å². The number of hydrogen-bond donors (Lipinski definition) is 1. The van der Waals surface area contributed by atoms with Crippen LogP contribution in [0.3, 0.4) is 0 Å². The van der Waals surface area contributed by atoms with Gasteiger partial charge in [0.2, 0.25) is 0 Å². The van der Waals surface area contributed by atoms with E-state index in [2.05, 4.69) is 28.3 Å². The molecule has 25 heavy (non-hydrogen) atoms. The van der Waals surface area contributed by atoms with E-state index in [0.29, 0.717) is 6.54 Å². The molecule has 0 aliphatic rings. The van der Waals surface area contributed by atoms with E-state index < -0.39 is 0 Å². The zero-order chi connectivity index (χ0) is 17.1. The highest BCUT2D eigenvalue weighted by Crippen LogP contribution is 2.28. The van der Waals surface area contributed by atoms with Crippen molar-refractivity contribution in [3.05, 3.63) is 90.9 Å². The van der Waals surface area contributed by atoms with Gasteiger partial charge in [-0.15, -0.1) is 0 Å². The van der Waals surface area contributed by atoms with Crippen LogP contribution in [0.25, 0.3) is 22.4 Å². The minimum Gasteiger partial charge on any atom is -0.399 e. The second kappa shape index (κ2) is 6.61. The number of hydrogen-bond acceptors (Lipinski definition) is 3. The number of nitrogen functional groups attached to an aromatic ring is 1. The second-order valence-corrected chi connectivity index (χ2v) is 5.97. The molecule has 0 saturated carbocycles. The standard InChI is InChI=1S/C21H18N4/c22-20-12-18(17-6-2-1-3-7-17)11-19(13-20)21-8-10-25(24-21)15-16-5-4-9-23-14-16/h1-14H,15,22H2. The van der Waals surface area contributed by atoms with Gasteiger partial charge in [-0.2, -0.15) is 5.10 Å². The number of nitrogens with two attached hydrogens (primary N) is 1. The molecule has 0 atom stereocenters. The molecule has 0 saturated heterocycles. The third-order valence-electron chi connectivity index (χ3n) is 4.07. The third-order valence-corrected chi connectivity index (χ3v) is 4.07. The SMILES string of the molecule is Nc1cc(-c2ccccc2)cc(-c2ccn(Cc3cccnc3)n2)c1. The van der Waals surface area contributed by atoms with Gasteiger partial charge in [0.15, 0.2) is 0 Å². The number of nitrogens with zero attached hydrogens (tertiary/aromatic N) is 3. The molecular formula is C21H18N4. The van der Waals surface area contributed by atoms with Crippen LogP contribution in [0.5, 0.6) is 0 Å². The zero-order valence-electron chi connectivity index (χ0n) is 13.7. The largest absolute Gasteiger partial charge is 0.399 e. The Labute approximate surface area is 146 Å². The van der Waals surface area contributed by atoms with E-state index in [1.54, 1.807) is 6.20 Å². The Bertz CT molecular complexity index is 975. The Morgan fingerprint density at radius 1 is 0.840 bits per heavy atom. The van der Waals surface area contributed by atoms with Gasteiger partial charge in [-0.3, -0.25) is 9.67 Å². The first-order chi connectivity index (χ1) is 12.3. The first-order valence-corrected chi connectivity index (χ1v) is 8.17. The van der Waals surface area contributed by atoms with Crippen LogP contribution in [0, 0.1) is 0 Å². The van der Waals surface area contributed by atoms with E-state index in [0.717, 1.165) is 33.6 Å². The van der Waals surface area contributed by atoms with E-state index in [4.69, 9.17) is 5.73 Å². The minimum absolute atomic E-state index is 0.696. The third kappa shape index (κ3) is 3.43. The Morgan fingerprint density at radius 2 is 1.68 bits per heavy atom. The van der Waals surface area contributed by atoms with Crippen LogP contribution >= 0.6 is 0 Å². The zero-order valence-corrected chi connectivity index (χ0v) is 13.7. The lowest BCUT2D eigenvalue weighted by molar-refractivity contribution is 0.687. The first kappa shape index (κ1) is 15.1. The van der Waals surface area contributed by atoms with Crippen molar-refractivity contribution in [2.45, 2.75) is 6.54 Å². The van der Waals surface area contributed by atoms with E-state index in [9.17, 15) is 0 Å². The van der Waals surface area contributed by atoms with Gasteiger partial charge in [-0.05, 0) is 47.0 Å². The quantitative estimate of drug-likeness (QED) is 0.571. The minimum atomic E-state index is 0.696. The summed E-state index contributed by atoms with van der Waals surface area (Å²) in [6.07, 6.45) is 5.61. The molecule has 2 aromatic heterocycles. The number of pyridine rings is 1. The molecule has 2 aromatic carbocycles. The smallest absolute Gasteiger partial charge is 0.0924 e. The summed E-state index contributed by atoms with van der Waals surface area (Å²) in [7, 11) is 0. The van der Waals surface area contributed by atoms with Crippen LogP contribution in [0.2, 0.25) is 0 Å². The van der Waals surface area contributed by atoms with Gasteiger partial charge in [0.1, 0.15) is 0 Å². The van der Waals surface area contributed by atoms with Crippen molar-refractivity contribution >= 4 is 5.69 Å². The highest BCUT2D eigenvalue weighted by molar-refractivity contribution is 5.75.